The van der Waals surface area contributed by atoms with E-state index in [1.807, 2.05) is 19.1 Å². The zero-order valence-corrected chi connectivity index (χ0v) is 16.7. The maximum Gasteiger partial charge on any atom is 0.139 e. The van der Waals surface area contributed by atoms with Gasteiger partial charge >= 0.3 is 0 Å². The highest BCUT2D eigenvalue weighted by Crippen LogP contribution is 2.37. The lowest BCUT2D eigenvalue weighted by molar-refractivity contribution is 0.415. The molecular formula is C22H25N3OS. The molecule has 3 aromatic rings. The zero-order valence-electron chi connectivity index (χ0n) is 15.9. The third kappa shape index (κ3) is 3.98. The first kappa shape index (κ1) is 18.0. The number of fused-ring (bicyclic) bond motifs is 1. The third-order valence-electron chi connectivity index (χ3n) is 5.07. The van der Waals surface area contributed by atoms with Crippen LogP contribution in [0.3, 0.4) is 0 Å². The van der Waals surface area contributed by atoms with Gasteiger partial charge in [-0.05, 0) is 56.7 Å². The monoisotopic (exact) mass is 379 g/mol. The van der Waals surface area contributed by atoms with Crippen LogP contribution >= 0.6 is 11.3 Å². The van der Waals surface area contributed by atoms with Gasteiger partial charge in [0.05, 0.1) is 12.5 Å². The summed E-state index contributed by atoms with van der Waals surface area (Å²) in [5.41, 5.74) is 3.92. The summed E-state index contributed by atoms with van der Waals surface area (Å²) < 4.78 is 5.28. The number of aromatic nitrogens is 2. The molecule has 0 amide bonds. The fourth-order valence-electron chi connectivity index (χ4n) is 3.63. The molecule has 4 rings (SSSR count). The molecule has 0 saturated carbocycles. The van der Waals surface area contributed by atoms with Crippen LogP contribution < -0.4 is 10.1 Å². The van der Waals surface area contributed by atoms with E-state index in [0.717, 1.165) is 46.1 Å². The van der Waals surface area contributed by atoms with Crippen molar-refractivity contribution in [3.05, 3.63) is 47.1 Å². The minimum Gasteiger partial charge on any atom is -0.497 e. The van der Waals surface area contributed by atoms with E-state index in [1.165, 1.54) is 31.2 Å². The van der Waals surface area contributed by atoms with E-state index in [0.29, 0.717) is 0 Å². The molecule has 2 aromatic heterocycles. The molecule has 0 radical (unpaired) electrons. The number of hydrogen-bond donors (Lipinski definition) is 1. The van der Waals surface area contributed by atoms with Crippen LogP contribution in [-0.4, -0.2) is 23.6 Å². The lowest BCUT2D eigenvalue weighted by Crippen LogP contribution is -2.07. The van der Waals surface area contributed by atoms with E-state index < -0.39 is 0 Å². The van der Waals surface area contributed by atoms with Gasteiger partial charge in [-0.2, -0.15) is 0 Å². The van der Waals surface area contributed by atoms with E-state index >= 15 is 0 Å². The number of ether oxygens (including phenoxy) is 1. The number of aryl methyl sites for hydroxylation is 1. The van der Waals surface area contributed by atoms with Crippen LogP contribution in [-0.2, 0) is 0 Å². The van der Waals surface area contributed by atoms with Gasteiger partial charge in [0.25, 0.3) is 0 Å². The van der Waals surface area contributed by atoms with Crippen LogP contribution in [0.25, 0.3) is 21.3 Å². The summed E-state index contributed by atoms with van der Waals surface area (Å²) in [4.78, 5) is 10.4. The summed E-state index contributed by atoms with van der Waals surface area (Å²) in [5, 5.41) is 6.88. The summed E-state index contributed by atoms with van der Waals surface area (Å²) >= 11 is 1.67. The Labute approximate surface area is 164 Å². The second-order valence-electron chi connectivity index (χ2n) is 6.96. The van der Waals surface area contributed by atoms with Gasteiger partial charge in [-0.3, -0.25) is 0 Å². The molecule has 2 heterocycles. The van der Waals surface area contributed by atoms with Gasteiger partial charge in [-0.1, -0.05) is 23.8 Å². The van der Waals surface area contributed by atoms with Crippen LogP contribution in [0.1, 0.15) is 37.9 Å². The van der Waals surface area contributed by atoms with Crippen LogP contribution in [0.2, 0.25) is 0 Å². The van der Waals surface area contributed by atoms with Crippen molar-refractivity contribution < 1.29 is 4.74 Å². The fraction of sp³-hybridized carbons (Fsp3) is 0.364. The van der Waals surface area contributed by atoms with Gasteiger partial charge in [-0.25, -0.2) is 9.97 Å². The van der Waals surface area contributed by atoms with Crippen molar-refractivity contribution in [2.45, 2.75) is 39.0 Å². The molecule has 1 aliphatic rings. The lowest BCUT2D eigenvalue weighted by atomic mass is 9.97. The topological polar surface area (TPSA) is 47.0 Å². The largest absolute Gasteiger partial charge is 0.497 e. The summed E-state index contributed by atoms with van der Waals surface area (Å²) in [6, 6.07) is 8.18. The number of nitrogens with one attached hydrogen (secondary N) is 1. The Balaban J connectivity index is 1.62. The maximum absolute atomic E-state index is 5.28. The SMILES string of the molecule is COc1ccc(-c2csc3nc(C)nc(NCCC4=CCCCC4)c23)cc1. The standard InChI is InChI=1S/C22H25N3OS/c1-15-24-21(23-13-12-16-6-4-3-5-7-16)20-19(14-27-22(20)25-15)17-8-10-18(26-2)11-9-17/h6,8-11,14H,3-5,7,12-13H2,1-2H3,(H,23,24,25). The Morgan fingerprint density at radius 1 is 1.15 bits per heavy atom. The molecule has 27 heavy (non-hydrogen) atoms. The highest BCUT2D eigenvalue weighted by molar-refractivity contribution is 7.17. The van der Waals surface area contributed by atoms with Gasteiger partial charge in [0, 0.05) is 17.5 Å². The van der Waals surface area contributed by atoms with Crippen molar-refractivity contribution >= 4 is 27.4 Å². The minimum atomic E-state index is 0.810. The molecule has 5 heteroatoms. The molecule has 1 aromatic carbocycles. The molecule has 0 spiro atoms. The average molecular weight is 380 g/mol. The van der Waals surface area contributed by atoms with Gasteiger partial charge in [0.1, 0.15) is 22.2 Å². The maximum atomic E-state index is 5.28. The Morgan fingerprint density at radius 2 is 2.00 bits per heavy atom. The Hall–Kier alpha value is -2.40. The summed E-state index contributed by atoms with van der Waals surface area (Å²) in [6.07, 6.45) is 8.65. The molecule has 1 N–H and O–H groups in total. The van der Waals surface area contributed by atoms with Crippen LogP contribution in [0.15, 0.2) is 41.3 Å². The van der Waals surface area contributed by atoms with Crippen molar-refractivity contribution in [2.75, 3.05) is 19.0 Å². The van der Waals surface area contributed by atoms with Gasteiger partial charge in [0.2, 0.25) is 0 Å². The number of benzene rings is 1. The van der Waals surface area contributed by atoms with Gasteiger partial charge in [-0.15, -0.1) is 11.3 Å². The average Bonchev–Trinajstić information content (AvgIpc) is 3.12. The van der Waals surface area contributed by atoms with Crippen molar-refractivity contribution in [1.29, 1.82) is 0 Å². The van der Waals surface area contributed by atoms with Crippen molar-refractivity contribution in [2.24, 2.45) is 0 Å². The molecule has 1 aliphatic carbocycles. The quantitative estimate of drug-likeness (QED) is 0.535. The summed E-state index contributed by atoms with van der Waals surface area (Å²) in [6.45, 7) is 2.87. The lowest BCUT2D eigenvalue weighted by Gasteiger charge is -2.14. The zero-order chi connectivity index (χ0) is 18.6. The fourth-order valence-corrected chi connectivity index (χ4v) is 4.63. The Bertz CT molecular complexity index is 960. The van der Waals surface area contributed by atoms with Crippen LogP contribution in [0.4, 0.5) is 5.82 Å². The third-order valence-corrected chi connectivity index (χ3v) is 5.94. The summed E-state index contributed by atoms with van der Waals surface area (Å²) in [7, 11) is 1.69. The molecule has 140 valence electrons. The number of hydrogen-bond acceptors (Lipinski definition) is 5. The smallest absolute Gasteiger partial charge is 0.139 e. The van der Waals surface area contributed by atoms with Crippen LogP contribution in [0, 0.1) is 6.92 Å². The van der Waals surface area contributed by atoms with E-state index in [9.17, 15) is 0 Å². The number of nitrogens with zero attached hydrogens (tertiary/aromatic N) is 2. The number of allylic oxidation sites excluding steroid dienone is 1. The van der Waals surface area contributed by atoms with Crippen molar-refractivity contribution in [1.82, 2.24) is 9.97 Å². The number of thiophene rings is 1. The predicted molar refractivity (Wildman–Crippen MR) is 114 cm³/mol. The molecule has 0 atom stereocenters. The number of methoxy groups -OCH3 is 1. The number of rotatable bonds is 6. The highest BCUT2D eigenvalue weighted by Gasteiger charge is 2.14. The van der Waals surface area contributed by atoms with Crippen molar-refractivity contribution in [3.8, 4) is 16.9 Å². The van der Waals surface area contributed by atoms with E-state index in [-0.39, 0.29) is 0 Å². The number of anilines is 1. The second kappa shape index (κ2) is 8.09. The van der Waals surface area contributed by atoms with Gasteiger partial charge in [0.15, 0.2) is 0 Å². The molecule has 0 unspecified atom stereocenters. The summed E-state index contributed by atoms with van der Waals surface area (Å²) in [5.74, 6) is 2.62. The molecular weight excluding hydrogens is 354 g/mol. The molecule has 0 aliphatic heterocycles. The van der Waals surface area contributed by atoms with Crippen molar-refractivity contribution in [3.63, 3.8) is 0 Å². The Kier molecular flexibility index (Phi) is 5.39. The molecule has 0 saturated heterocycles. The Morgan fingerprint density at radius 3 is 2.74 bits per heavy atom. The minimum absolute atomic E-state index is 0.810. The first-order chi connectivity index (χ1) is 13.2. The van der Waals surface area contributed by atoms with E-state index in [4.69, 9.17) is 9.72 Å². The first-order valence-electron chi connectivity index (χ1n) is 9.56. The van der Waals surface area contributed by atoms with Gasteiger partial charge < -0.3 is 10.1 Å². The van der Waals surface area contributed by atoms with E-state index in [2.05, 4.69) is 33.9 Å². The molecule has 4 nitrogen and oxygen atoms in total. The molecule has 0 fully saturated rings. The highest BCUT2D eigenvalue weighted by atomic mass is 32.1. The van der Waals surface area contributed by atoms with Crippen LogP contribution in [0.5, 0.6) is 5.75 Å². The normalized spacial score (nSPS) is 14.2. The first-order valence-corrected chi connectivity index (χ1v) is 10.4. The predicted octanol–water partition coefficient (Wildman–Crippen LogP) is 5.98. The molecule has 0 bridgehead atoms. The van der Waals surface area contributed by atoms with E-state index in [1.54, 1.807) is 24.0 Å². The second-order valence-corrected chi connectivity index (χ2v) is 7.82.